The van der Waals surface area contributed by atoms with Crippen molar-refractivity contribution in [2.24, 2.45) is 5.73 Å². The first-order valence-electron chi connectivity index (χ1n) is 6.99. The minimum absolute atomic E-state index is 0.0558. The van der Waals surface area contributed by atoms with Gasteiger partial charge in [-0.2, -0.15) is 0 Å². The Morgan fingerprint density at radius 3 is 2.29 bits per heavy atom. The Hall–Kier alpha value is -1.66. The zero-order valence-electron chi connectivity index (χ0n) is 12.4. The van der Waals surface area contributed by atoms with Gasteiger partial charge in [-0.05, 0) is 31.2 Å². The molecule has 0 spiro atoms. The predicted molar refractivity (Wildman–Crippen MR) is 86.7 cm³/mol. The average Bonchev–Trinajstić information content (AvgIpc) is 2.53. The molecule has 114 valence electrons. The summed E-state index contributed by atoms with van der Waals surface area (Å²) in [7, 11) is 1.61. The largest absolute Gasteiger partial charge is 0.497 e. The maximum atomic E-state index is 12.4. The van der Waals surface area contributed by atoms with Crippen LogP contribution in [0.25, 0.3) is 0 Å². The van der Waals surface area contributed by atoms with E-state index in [1.54, 1.807) is 31.4 Å². The SMILES string of the molecule is COc1ccc(C(=O)N2CCN(C(C)C(N)=S)CC2)cc1. The number of hydrogen-bond donors (Lipinski definition) is 1. The van der Waals surface area contributed by atoms with Crippen molar-refractivity contribution in [2.45, 2.75) is 13.0 Å². The minimum atomic E-state index is 0.0558. The van der Waals surface area contributed by atoms with E-state index in [0.717, 1.165) is 18.8 Å². The predicted octanol–water partition coefficient (Wildman–Crippen LogP) is 1.13. The number of methoxy groups -OCH3 is 1. The molecule has 2 rings (SSSR count). The molecule has 1 aromatic rings. The van der Waals surface area contributed by atoms with E-state index < -0.39 is 0 Å². The molecule has 1 amide bonds. The number of piperazine rings is 1. The van der Waals surface area contributed by atoms with Gasteiger partial charge in [-0.1, -0.05) is 12.2 Å². The fraction of sp³-hybridized carbons (Fsp3) is 0.467. The Bertz CT molecular complexity index is 510. The van der Waals surface area contributed by atoms with Crippen molar-refractivity contribution in [1.29, 1.82) is 0 Å². The number of rotatable bonds is 4. The lowest BCUT2D eigenvalue weighted by molar-refractivity contribution is 0.0621. The lowest BCUT2D eigenvalue weighted by atomic mass is 10.1. The molecule has 0 bridgehead atoms. The van der Waals surface area contributed by atoms with Crippen molar-refractivity contribution in [3.8, 4) is 5.75 Å². The Morgan fingerprint density at radius 2 is 1.81 bits per heavy atom. The second kappa shape index (κ2) is 6.87. The molecule has 0 radical (unpaired) electrons. The average molecular weight is 307 g/mol. The van der Waals surface area contributed by atoms with E-state index in [1.165, 1.54) is 0 Å². The van der Waals surface area contributed by atoms with Gasteiger partial charge >= 0.3 is 0 Å². The summed E-state index contributed by atoms with van der Waals surface area (Å²) in [5.74, 6) is 0.807. The summed E-state index contributed by atoms with van der Waals surface area (Å²) >= 11 is 5.02. The molecular formula is C15H21N3O2S. The Kier molecular flexibility index (Phi) is 5.14. The maximum absolute atomic E-state index is 12.4. The Morgan fingerprint density at radius 1 is 1.24 bits per heavy atom. The normalized spacial score (nSPS) is 17.3. The monoisotopic (exact) mass is 307 g/mol. The highest BCUT2D eigenvalue weighted by molar-refractivity contribution is 7.80. The van der Waals surface area contributed by atoms with Crippen LogP contribution in [-0.4, -0.2) is 60.0 Å². The molecular weight excluding hydrogens is 286 g/mol. The van der Waals surface area contributed by atoms with Gasteiger partial charge < -0.3 is 15.4 Å². The Labute approximate surface area is 130 Å². The number of nitrogens with two attached hydrogens (primary N) is 1. The van der Waals surface area contributed by atoms with E-state index in [-0.39, 0.29) is 11.9 Å². The van der Waals surface area contributed by atoms with Gasteiger partial charge in [0.05, 0.1) is 18.1 Å². The maximum Gasteiger partial charge on any atom is 0.253 e. The van der Waals surface area contributed by atoms with Crippen LogP contribution < -0.4 is 10.5 Å². The first kappa shape index (κ1) is 15.7. The number of hydrogen-bond acceptors (Lipinski definition) is 4. The molecule has 1 unspecified atom stereocenters. The van der Waals surface area contributed by atoms with Gasteiger partial charge in [-0.3, -0.25) is 9.69 Å². The van der Waals surface area contributed by atoms with Crippen LogP contribution in [0.15, 0.2) is 24.3 Å². The van der Waals surface area contributed by atoms with Crippen molar-refractivity contribution < 1.29 is 9.53 Å². The molecule has 1 atom stereocenters. The summed E-state index contributed by atoms with van der Waals surface area (Å²) in [5, 5.41) is 0. The van der Waals surface area contributed by atoms with Gasteiger partial charge in [0.1, 0.15) is 5.75 Å². The molecule has 1 heterocycles. The highest BCUT2D eigenvalue weighted by Gasteiger charge is 2.25. The smallest absolute Gasteiger partial charge is 0.253 e. The van der Waals surface area contributed by atoms with Gasteiger partial charge in [0.2, 0.25) is 0 Å². The molecule has 5 nitrogen and oxygen atoms in total. The fourth-order valence-corrected chi connectivity index (χ4v) is 2.56. The number of ether oxygens (including phenoxy) is 1. The quantitative estimate of drug-likeness (QED) is 0.845. The van der Waals surface area contributed by atoms with E-state index in [2.05, 4.69) is 4.90 Å². The Balaban J connectivity index is 1.95. The number of nitrogens with zero attached hydrogens (tertiary/aromatic N) is 2. The molecule has 1 aliphatic heterocycles. The lowest BCUT2D eigenvalue weighted by Gasteiger charge is -2.37. The van der Waals surface area contributed by atoms with Gasteiger partial charge in [-0.25, -0.2) is 0 Å². The molecule has 1 saturated heterocycles. The van der Waals surface area contributed by atoms with Gasteiger partial charge in [-0.15, -0.1) is 0 Å². The second-order valence-corrected chi connectivity index (χ2v) is 5.61. The zero-order valence-corrected chi connectivity index (χ0v) is 13.2. The van der Waals surface area contributed by atoms with Crippen molar-refractivity contribution in [2.75, 3.05) is 33.3 Å². The minimum Gasteiger partial charge on any atom is -0.497 e. The van der Waals surface area contributed by atoms with Crippen molar-refractivity contribution >= 4 is 23.1 Å². The third-order valence-electron chi connectivity index (χ3n) is 3.90. The third kappa shape index (κ3) is 3.71. The van der Waals surface area contributed by atoms with Crippen LogP contribution in [-0.2, 0) is 0 Å². The summed E-state index contributed by atoms with van der Waals surface area (Å²) < 4.78 is 5.10. The molecule has 0 aliphatic carbocycles. The van der Waals surface area contributed by atoms with Crippen LogP contribution in [0.4, 0.5) is 0 Å². The van der Waals surface area contributed by atoms with Gasteiger partial charge in [0.15, 0.2) is 0 Å². The first-order valence-corrected chi connectivity index (χ1v) is 7.40. The van der Waals surface area contributed by atoms with Crippen molar-refractivity contribution in [1.82, 2.24) is 9.80 Å². The van der Waals surface area contributed by atoms with Gasteiger partial charge in [0, 0.05) is 31.7 Å². The molecule has 21 heavy (non-hydrogen) atoms. The number of carbonyl (C=O) groups is 1. The number of thiocarbonyl (C=S) groups is 1. The van der Waals surface area contributed by atoms with Crippen LogP contribution in [0.3, 0.4) is 0 Å². The summed E-state index contributed by atoms with van der Waals surface area (Å²) in [6.07, 6.45) is 0. The standard InChI is InChI=1S/C15H21N3O2S/c1-11(14(16)21)17-7-9-18(10-8-17)15(19)12-3-5-13(20-2)6-4-12/h3-6,11H,7-10H2,1-2H3,(H2,16,21). The molecule has 1 fully saturated rings. The number of benzene rings is 1. The van der Waals surface area contributed by atoms with E-state index in [4.69, 9.17) is 22.7 Å². The molecule has 0 saturated carbocycles. The lowest BCUT2D eigenvalue weighted by Crippen LogP contribution is -2.53. The summed E-state index contributed by atoms with van der Waals surface area (Å²) in [4.78, 5) is 17.0. The first-order chi connectivity index (χ1) is 10.0. The van der Waals surface area contributed by atoms with Crippen molar-refractivity contribution in [3.63, 3.8) is 0 Å². The molecule has 1 aromatic carbocycles. The fourth-order valence-electron chi connectivity index (χ4n) is 2.41. The number of carbonyl (C=O) groups excluding carboxylic acids is 1. The third-order valence-corrected chi connectivity index (χ3v) is 4.24. The van der Waals surface area contributed by atoms with E-state index in [0.29, 0.717) is 23.6 Å². The van der Waals surface area contributed by atoms with Crippen LogP contribution in [0.2, 0.25) is 0 Å². The van der Waals surface area contributed by atoms with Crippen LogP contribution in [0.5, 0.6) is 5.75 Å². The highest BCUT2D eigenvalue weighted by atomic mass is 32.1. The van der Waals surface area contributed by atoms with Crippen LogP contribution in [0.1, 0.15) is 17.3 Å². The van der Waals surface area contributed by atoms with Gasteiger partial charge in [0.25, 0.3) is 5.91 Å². The number of amides is 1. The molecule has 6 heteroatoms. The molecule has 2 N–H and O–H groups in total. The summed E-state index contributed by atoms with van der Waals surface area (Å²) in [5.41, 5.74) is 6.36. The highest BCUT2D eigenvalue weighted by Crippen LogP contribution is 2.15. The summed E-state index contributed by atoms with van der Waals surface area (Å²) in [6, 6.07) is 7.28. The molecule has 1 aliphatic rings. The van der Waals surface area contributed by atoms with E-state index in [9.17, 15) is 4.79 Å². The second-order valence-electron chi connectivity index (χ2n) is 5.14. The van der Waals surface area contributed by atoms with Crippen molar-refractivity contribution in [3.05, 3.63) is 29.8 Å². The topological polar surface area (TPSA) is 58.8 Å². The van der Waals surface area contributed by atoms with E-state index >= 15 is 0 Å². The van der Waals surface area contributed by atoms with E-state index in [1.807, 2.05) is 11.8 Å². The zero-order chi connectivity index (χ0) is 15.4. The summed E-state index contributed by atoms with van der Waals surface area (Å²) in [6.45, 7) is 4.97. The van der Waals surface area contributed by atoms with Crippen LogP contribution >= 0.6 is 12.2 Å². The van der Waals surface area contributed by atoms with Crippen LogP contribution in [0, 0.1) is 0 Å². The molecule has 0 aromatic heterocycles.